The van der Waals surface area contributed by atoms with Crippen LogP contribution in [0.1, 0.15) is 10.4 Å². The number of carbonyl (C=O) groups is 1. The molecule has 0 unspecified atom stereocenters. The Hall–Kier alpha value is -1.97. The topological polar surface area (TPSA) is 67.1 Å². The zero-order valence-corrected chi connectivity index (χ0v) is 8.71. The van der Waals surface area contributed by atoms with Crippen LogP contribution in [-0.4, -0.2) is 19.5 Å². The highest BCUT2D eigenvalue weighted by molar-refractivity contribution is 6.00. The van der Waals surface area contributed by atoms with Crippen molar-refractivity contribution in [3.05, 3.63) is 36.4 Å². The Morgan fingerprint density at radius 3 is 2.93 bits per heavy atom. The van der Waals surface area contributed by atoms with Crippen molar-refractivity contribution >= 4 is 17.3 Å². The second-order valence-electron chi connectivity index (χ2n) is 3.05. The maximum Gasteiger partial charge on any atom is 0.253 e. The van der Waals surface area contributed by atoms with Crippen LogP contribution >= 0.6 is 0 Å². The van der Waals surface area contributed by atoms with Crippen LogP contribution < -0.4 is 16.4 Å². The largest absolute Gasteiger partial charge is 0.399 e. The van der Waals surface area contributed by atoms with E-state index in [1.54, 1.807) is 31.3 Å². The summed E-state index contributed by atoms with van der Waals surface area (Å²) in [6.45, 7) is 4.21. The Bertz CT molecular complexity index is 374. The van der Waals surface area contributed by atoms with Gasteiger partial charge in [0.2, 0.25) is 0 Å². The maximum atomic E-state index is 11.5. The highest BCUT2D eigenvalue weighted by Gasteiger charge is 2.09. The summed E-state index contributed by atoms with van der Waals surface area (Å²) in [5.74, 6) is -0.158. The van der Waals surface area contributed by atoms with Crippen LogP contribution in [0.4, 0.5) is 11.4 Å². The molecule has 0 fully saturated rings. The minimum Gasteiger partial charge on any atom is -0.399 e. The van der Waals surface area contributed by atoms with Crippen LogP contribution in [0.25, 0.3) is 0 Å². The van der Waals surface area contributed by atoms with E-state index in [1.165, 1.54) is 0 Å². The van der Waals surface area contributed by atoms with E-state index in [0.717, 1.165) is 5.69 Å². The minimum atomic E-state index is -0.158. The lowest BCUT2D eigenvalue weighted by Crippen LogP contribution is -2.20. The standard InChI is InChI=1S/C11H15N3O/c1-3-6-14-10-5-4-8(12)7-9(10)11(15)13-2/h3-5,7,14H,1,6,12H2,2H3,(H,13,15). The van der Waals surface area contributed by atoms with Crippen LogP contribution in [0.15, 0.2) is 30.9 Å². The van der Waals surface area contributed by atoms with Crippen molar-refractivity contribution in [2.45, 2.75) is 0 Å². The summed E-state index contributed by atoms with van der Waals surface area (Å²) in [6, 6.07) is 5.17. The quantitative estimate of drug-likeness (QED) is 0.511. The summed E-state index contributed by atoms with van der Waals surface area (Å²) in [7, 11) is 1.59. The molecular formula is C11H15N3O. The lowest BCUT2D eigenvalue weighted by atomic mass is 10.1. The Morgan fingerprint density at radius 1 is 1.60 bits per heavy atom. The number of amides is 1. The van der Waals surface area contributed by atoms with Crippen molar-refractivity contribution in [2.24, 2.45) is 0 Å². The summed E-state index contributed by atoms with van der Waals surface area (Å²) < 4.78 is 0. The molecule has 0 aliphatic heterocycles. The average molecular weight is 205 g/mol. The molecule has 0 saturated heterocycles. The van der Waals surface area contributed by atoms with E-state index in [1.807, 2.05) is 0 Å². The van der Waals surface area contributed by atoms with Crippen molar-refractivity contribution in [1.29, 1.82) is 0 Å². The van der Waals surface area contributed by atoms with E-state index in [4.69, 9.17) is 5.73 Å². The molecule has 80 valence electrons. The van der Waals surface area contributed by atoms with Crippen LogP contribution in [0.3, 0.4) is 0 Å². The number of rotatable bonds is 4. The number of hydrogen-bond acceptors (Lipinski definition) is 3. The number of hydrogen-bond donors (Lipinski definition) is 3. The predicted molar refractivity (Wildman–Crippen MR) is 62.9 cm³/mol. The van der Waals surface area contributed by atoms with E-state index in [9.17, 15) is 4.79 Å². The van der Waals surface area contributed by atoms with Crippen LogP contribution in [-0.2, 0) is 0 Å². The van der Waals surface area contributed by atoms with Crippen molar-refractivity contribution in [2.75, 3.05) is 24.6 Å². The van der Waals surface area contributed by atoms with Gasteiger partial charge in [-0.25, -0.2) is 0 Å². The van der Waals surface area contributed by atoms with Gasteiger partial charge >= 0.3 is 0 Å². The molecule has 0 aliphatic carbocycles. The van der Waals surface area contributed by atoms with Gasteiger partial charge in [-0.2, -0.15) is 0 Å². The van der Waals surface area contributed by atoms with Crippen molar-refractivity contribution in [1.82, 2.24) is 5.32 Å². The predicted octanol–water partition coefficient (Wildman–Crippen LogP) is 1.23. The first-order valence-corrected chi connectivity index (χ1v) is 4.65. The van der Waals surface area contributed by atoms with Gasteiger partial charge in [0.15, 0.2) is 0 Å². The van der Waals surface area contributed by atoms with Crippen LogP contribution in [0.2, 0.25) is 0 Å². The third-order valence-corrected chi connectivity index (χ3v) is 1.95. The van der Waals surface area contributed by atoms with E-state index >= 15 is 0 Å². The third kappa shape index (κ3) is 2.74. The molecule has 15 heavy (non-hydrogen) atoms. The highest BCUT2D eigenvalue weighted by atomic mass is 16.1. The number of nitrogens with one attached hydrogen (secondary N) is 2. The fourth-order valence-corrected chi connectivity index (χ4v) is 1.22. The highest BCUT2D eigenvalue weighted by Crippen LogP contribution is 2.18. The summed E-state index contributed by atoms with van der Waals surface area (Å²) in [5.41, 5.74) is 7.48. The molecule has 0 atom stereocenters. The Kier molecular flexibility index (Phi) is 3.74. The number of nitrogen functional groups attached to an aromatic ring is 1. The molecule has 1 aromatic carbocycles. The van der Waals surface area contributed by atoms with E-state index in [-0.39, 0.29) is 5.91 Å². The zero-order chi connectivity index (χ0) is 11.3. The van der Waals surface area contributed by atoms with Gasteiger partial charge in [-0.05, 0) is 18.2 Å². The Morgan fingerprint density at radius 2 is 2.33 bits per heavy atom. The van der Waals surface area contributed by atoms with Crippen molar-refractivity contribution < 1.29 is 4.79 Å². The first kappa shape index (κ1) is 11.1. The van der Waals surface area contributed by atoms with Gasteiger partial charge in [-0.3, -0.25) is 4.79 Å². The number of benzene rings is 1. The smallest absolute Gasteiger partial charge is 0.253 e. The van der Waals surface area contributed by atoms with Gasteiger partial charge in [-0.15, -0.1) is 6.58 Å². The Labute approximate surface area is 89.2 Å². The fourth-order valence-electron chi connectivity index (χ4n) is 1.22. The summed E-state index contributed by atoms with van der Waals surface area (Å²) in [4.78, 5) is 11.5. The van der Waals surface area contributed by atoms with Crippen molar-refractivity contribution in [3.63, 3.8) is 0 Å². The molecule has 1 rings (SSSR count). The molecule has 0 aliphatic rings. The molecule has 1 amide bonds. The second kappa shape index (κ2) is 5.05. The van der Waals surface area contributed by atoms with Gasteiger partial charge in [0.1, 0.15) is 0 Å². The number of nitrogens with two attached hydrogens (primary N) is 1. The first-order valence-electron chi connectivity index (χ1n) is 4.65. The van der Waals surface area contributed by atoms with Crippen molar-refractivity contribution in [3.8, 4) is 0 Å². The lowest BCUT2D eigenvalue weighted by molar-refractivity contribution is 0.0964. The van der Waals surface area contributed by atoms with Crippen LogP contribution in [0, 0.1) is 0 Å². The SMILES string of the molecule is C=CCNc1ccc(N)cc1C(=O)NC. The third-order valence-electron chi connectivity index (χ3n) is 1.95. The second-order valence-corrected chi connectivity index (χ2v) is 3.05. The van der Waals surface area contributed by atoms with Crippen LogP contribution in [0.5, 0.6) is 0 Å². The molecule has 4 heteroatoms. The monoisotopic (exact) mass is 205 g/mol. The van der Waals surface area contributed by atoms with E-state index in [0.29, 0.717) is 17.8 Å². The molecule has 4 N–H and O–H groups in total. The Balaban J connectivity index is 3.02. The number of carbonyl (C=O) groups excluding carboxylic acids is 1. The molecular weight excluding hydrogens is 190 g/mol. The minimum absolute atomic E-state index is 0.158. The van der Waals surface area contributed by atoms with Gasteiger partial charge < -0.3 is 16.4 Å². The van der Waals surface area contributed by atoms with E-state index in [2.05, 4.69) is 17.2 Å². The van der Waals surface area contributed by atoms with Gasteiger partial charge in [0.25, 0.3) is 5.91 Å². The molecule has 0 bridgehead atoms. The van der Waals surface area contributed by atoms with Gasteiger partial charge in [0.05, 0.1) is 5.56 Å². The molecule has 0 aromatic heterocycles. The first-order chi connectivity index (χ1) is 7.19. The van der Waals surface area contributed by atoms with Gasteiger partial charge in [-0.1, -0.05) is 6.08 Å². The maximum absolute atomic E-state index is 11.5. The molecule has 0 saturated carbocycles. The molecule has 1 aromatic rings. The summed E-state index contributed by atoms with van der Waals surface area (Å²) >= 11 is 0. The normalized spacial score (nSPS) is 9.40. The zero-order valence-electron chi connectivity index (χ0n) is 8.71. The lowest BCUT2D eigenvalue weighted by Gasteiger charge is -2.10. The van der Waals surface area contributed by atoms with E-state index < -0.39 is 0 Å². The fraction of sp³-hybridized carbons (Fsp3) is 0.182. The van der Waals surface area contributed by atoms with Gasteiger partial charge in [0, 0.05) is 25.0 Å². The molecule has 4 nitrogen and oxygen atoms in total. The summed E-state index contributed by atoms with van der Waals surface area (Å²) in [5, 5.41) is 5.64. The summed E-state index contributed by atoms with van der Waals surface area (Å²) in [6.07, 6.45) is 1.73. The number of anilines is 2. The molecule has 0 heterocycles. The molecule has 0 spiro atoms. The molecule has 0 radical (unpaired) electrons. The average Bonchev–Trinajstić information content (AvgIpc) is 2.26.